The first kappa shape index (κ1) is 24.7. The van der Waals surface area contributed by atoms with E-state index >= 15 is 0 Å². The number of para-hydroxylation sites is 1. The molecule has 9 heteroatoms. The first-order valence-electron chi connectivity index (χ1n) is 11.2. The summed E-state index contributed by atoms with van der Waals surface area (Å²) >= 11 is 6.20. The number of carbonyl (C=O) groups excluding carboxylic acids is 4. The summed E-state index contributed by atoms with van der Waals surface area (Å²) in [4.78, 5) is 51.1. The third-order valence-electron chi connectivity index (χ3n) is 5.27. The molecule has 0 radical (unpaired) electrons. The highest BCUT2D eigenvalue weighted by molar-refractivity contribution is 6.53. The largest absolute Gasteiger partial charge is 0.462 e. The molecular formula is C27H22ClN3O5. The number of ether oxygens (including phenoxy) is 1. The highest BCUT2D eigenvalue weighted by atomic mass is 35.5. The summed E-state index contributed by atoms with van der Waals surface area (Å²) in [5, 5.41) is 5.39. The van der Waals surface area contributed by atoms with Crippen LogP contribution in [-0.2, 0) is 14.3 Å². The molecule has 0 unspecified atom stereocenters. The molecule has 3 aromatic rings. The molecule has 1 aliphatic heterocycles. The summed E-state index contributed by atoms with van der Waals surface area (Å²) in [6.45, 7) is 2.19. The first-order valence-corrected chi connectivity index (χ1v) is 11.6. The highest BCUT2D eigenvalue weighted by Crippen LogP contribution is 2.30. The van der Waals surface area contributed by atoms with Crippen LogP contribution >= 0.6 is 11.6 Å². The van der Waals surface area contributed by atoms with Gasteiger partial charge in [0.2, 0.25) is 0 Å². The maximum atomic E-state index is 13.0. The Morgan fingerprint density at radius 3 is 2.11 bits per heavy atom. The van der Waals surface area contributed by atoms with Crippen LogP contribution in [0.3, 0.4) is 0 Å². The fourth-order valence-electron chi connectivity index (χ4n) is 3.44. The second kappa shape index (κ2) is 10.9. The fourth-order valence-corrected chi connectivity index (χ4v) is 3.66. The zero-order valence-electron chi connectivity index (χ0n) is 19.3. The SMILES string of the molecule is CCCOC(=O)c1ccc(N2C(=O)C(Cl)=C(Nc3ccc(C(=O)Nc4ccccc4)cc3)C2=O)cc1. The lowest BCUT2D eigenvalue weighted by Crippen LogP contribution is -2.32. The number of halogens is 1. The lowest BCUT2D eigenvalue weighted by Gasteiger charge is -2.15. The minimum atomic E-state index is -0.690. The van der Waals surface area contributed by atoms with Crippen LogP contribution in [-0.4, -0.2) is 30.3 Å². The molecule has 0 bridgehead atoms. The summed E-state index contributed by atoms with van der Waals surface area (Å²) < 4.78 is 5.09. The number of anilines is 3. The fraction of sp³-hybridized carbons (Fsp3) is 0.111. The topological polar surface area (TPSA) is 105 Å². The second-order valence-corrected chi connectivity index (χ2v) is 8.22. The van der Waals surface area contributed by atoms with Crippen LogP contribution in [0.15, 0.2) is 89.6 Å². The number of carbonyl (C=O) groups is 4. The number of nitrogens with zero attached hydrogens (tertiary/aromatic N) is 1. The van der Waals surface area contributed by atoms with E-state index in [9.17, 15) is 19.2 Å². The predicted molar refractivity (Wildman–Crippen MR) is 137 cm³/mol. The Hall–Kier alpha value is -4.43. The van der Waals surface area contributed by atoms with E-state index in [4.69, 9.17) is 16.3 Å². The van der Waals surface area contributed by atoms with E-state index in [1.165, 1.54) is 24.3 Å². The zero-order valence-corrected chi connectivity index (χ0v) is 20.0. The number of nitrogens with one attached hydrogen (secondary N) is 2. The molecule has 0 saturated heterocycles. The summed E-state index contributed by atoms with van der Waals surface area (Å²) in [6.07, 6.45) is 0.699. The van der Waals surface area contributed by atoms with Gasteiger partial charge in [0.15, 0.2) is 0 Å². The molecule has 0 spiro atoms. The standard InChI is InChI=1S/C27H22ClN3O5/c1-2-16-36-27(35)18-10-14-21(15-11-18)31-25(33)22(28)23(26(31)34)29-20-12-8-17(9-13-20)24(32)30-19-6-4-3-5-7-19/h3-15,29H,2,16H2,1H3,(H,30,32). The number of amides is 3. The molecule has 1 aliphatic rings. The Kier molecular flexibility index (Phi) is 7.46. The van der Waals surface area contributed by atoms with Crippen molar-refractivity contribution in [1.29, 1.82) is 0 Å². The van der Waals surface area contributed by atoms with Gasteiger partial charge in [-0.2, -0.15) is 0 Å². The van der Waals surface area contributed by atoms with Crippen molar-refractivity contribution in [2.24, 2.45) is 0 Å². The van der Waals surface area contributed by atoms with E-state index in [0.29, 0.717) is 35.5 Å². The van der Waals surface area contributed by atoms with Gasteiger partial charge in [-0.25, -0.2) is 9.69 Å². The molecule has 3 aromatic carbocycles. The maximum absolute atomic E-state index is 13.0. The molecule has 1 heterocycles. The van der Waals surface area contributed by atoms with Gasteiger partial charge in [0.05, 0.1) is 17.9 Å². The van der Waals surface area contributed by atoms with Crippen LogP contribution < -0.4 is 15.5 Å². The van der Waals surface area contributed by atoms with E-state index < -0.39 is 17.8 Å². The number of rotatable bonds is 8. The molecule has 0 aromatic heterocycles. The summed E-state index contributed by atoms with van der Waals surface area (Å²) in [5.41, 5.74) is 2.03. The third-order valence-corrected chi connectivity index (χ3v) is 5.62. The molecule has 8 nitrogen and oxygen atoms in total. The van der Waals surface area contributed by atoms with Crippen LogP contribution in [0.25, 0.3) is 0 Å². The minimum absolute atomic E-state index is 0.0883. The van der Waals surface area contributed by atoms with Crippen molar-refractivity contribution in [2.45, 2.75) is 13.3 Å². The molecule has 2 N–H and O–H groups in total. The normalized spacial score (nSPS) is 13.1. The smallest absolute Gasteiger partial charge is 0.338 e. The minimum Gasteiger partial charge on any atom is -0.462 e. The number of imide groups is 1. The van der Waals surface area contributed by atoms with Gasteiger partial charge in [0.1, 0.15) is 10.7 Å². The van der Waals surface area contributed by atoms with E-state index in [0.717, 1.165) is 4.90 Å². The van der Waals surface area contributed by atoms with Crippen LogP contribution in [0.5, 0.6) is 0 Å². The average Bonchev–Trinajstić information content (AvgIpc) is 3.11. The predicted octanol–water partition coefficient (Wildman–Crippen LogP) is 4.94. The molecule has 0 aliphatic carbocycles. The van der Waals surface area contributed by atoms with Gasteiger partial charge >= 0.3 is 5.97 Å². The van der Waals surface area contributed by atoms with Gasteiger partial charge < -0.3 is 15.4 Å². The van der Waals surface area contributed by atoms with Gasteiger partial charge in [-0.15, -0.1) is 0 Å². The Balaban J connectivity index is 1.44. The molecule has 3 amide bonds. The Morgan fingerprint density at radius 1 is 0.833 bits per heavy atom. The lowest BCUT2D eigenvalue weighted by molar-refractivity contribution is -0.120. The number of benzene rings is 3. The quantitative estimate of drug-likeness (QED) is 0.333. The highest BCUT2D eigenvalue weighted by Gasteiger charge is 2.39. The van der Waals surface area contributed by atoms with Crippen molar-refractivity contribution < 1.29 is 23.9 Å². The zero-order chi connectivity index (χ0) is 25.7. The van der Waals surface area contributed by atoms with E-state index in [-0.39, 0.29) is 22.3 Å². The van der Waals surface area contributed by atoms with Gasteiger partial charge in [-0.3, -0.25) is 14.4 Å². The van der Waals surface area contributed by atoms with Crippen molar-refractivity contribution in [2.75, 3.05) is 22.1 Å². The van der Waals surface area contributed by atoms with E-state index in [2.05, 4.69) is 10.6 Å². The van der Waals surface area contributed by atoms with Gasteiger partial charge in [-0.05, 0) is 67.1 Å². The van der Waals surface area contributed by atoms with Crippen LogP contribution in [0.4, 0.5) is 17.1 Å². The van der Waals surface area contributed by atoms with E-state index in [1.807, 2.05) is 25.1 Å². The number of hydrogen-bond acceptors (Lipinski definition) is 6. The monoisotopic (exact) mass is 503 g/mol. The van der Waals surface area contributed by atoms with Gasteiger partial charge in [0, 0.05) is 16.9 Å². The van der Waals surface area contributed by atoms with Crippen molar-refractivity contribution in [3.63, 3.8) is 0 Å². The Labute approximate surface area is 212 Å². The molecule has 0 fully saturated rings. The summed E-state index contributed by atoms with van der Waals surface area (Å²) in [7, 11) is 0. The van der Waals surface area contributed by atoms with Gasteiger partial charge in [0.25, 0.3) is 17.7 Å². The molecule has 4 rings (SSSR count). The molecule has 0 saturated carbocycles. The number of hydrogen-bond donors (Lipinski definition) is 2. The van der Waals surface area contributed by atoms with Crippen LogP contribution in [0, 0.1) is 0 Å². The van der Waals surface area contributed by atoms with Crippen LogP contribution in [0.2, 0.25) is 0 Å². The summed E-state index contributed by atoms with van der Waals surface area (Å²) in [5.74, 6) is -2.10. The maximum Gasteiger partial charge on any atom is 0.338 e. The first-order chi connectivity index (χ1) is 17.4. The van der Waals surface area contributed by atoms with Crippen molar-refractivity contribution >= 4 is 52.4 Å². The van der Waals surface area contributed by atoms with Crippen molar-refractivity contribution in [3.05, 3.63) is 101 Å². The van der Waals surface area contributed by atoms with E-state index in [1.54, 1.807) is 36.4 Å². The van der Waals surface area contributed by atoms with Gasteiger partial charge in [-0.1, -0.05) is 36.7 Å². The number of esters is 1. The lowest BCUT2D eigenvalue weighted by atomic mass is 10.2. The molecule has 182 valence electrons. The summed E-state index contributed by atoms with van der Waals surface area (Å²) in [6, 6.07) is 21.3. The Morgan fingerprint density at radius 2 is 1.47 bits per heavy atom. The van der Waals surface area contributed by atoms with Crippen molar-refractivity contribution in [3.8, 4) is 0 Å². The van der Waals surface area contributed by atoms with Crippen molar-refractivity contribution in [1.82, 2.24) is 0 Å². The molecular weight excluding hydrogens is 482 g/mol. The average molecular weight is 504 g/mol. The van der Waals surface area contributed by atoms with Crippen LogP contribution in [0.1, 0.15) is 34.1 Å². The second-order valence-electron chi connectivity index (χ2n) is 7.84. The molecule has 0 atom stereocenters. The Bertz CT molecular complexity index is 1340. The third kappa shape index (κ3) is 5.29. The molecule has 36 heavy (non-hydrogen) atoms.